The molecule has 2 aromatic rings. The lowest BCUT2D eigenvalue weighted by Gasteiger charge is -2.32. The number of carbonyl (C=O) groups excluding carboxylic acids is 1. The predicted octanol–water partition coefficient (Wildman–Crippen LogP) is 1.32. The van der Waals surface area contributed by atoms with Crippen LogP contribution >= 0.6 is 0 Å². The topological polar surface area (TPSA) is 73.1 Å². The van der Waals surface area contributed by atoms with Crippen molar-refractivity contribution in [2.24, 2.45) is 0 Å². The van der Waals surface area contributed by atoms with Gasteiger partial charge in [0.2, 0.25) is 5.91 Å². The van der Waals surface area contributed by atoms with Crippen LogP contribution in [0.5, 0.6) is 0 Å². The van der Waals surface area contributed by atoms with Crippen LogP contribution < -0.4 is 0 Å². The molecule has 0 aliphatic carbocycles. The van der Waals surface area contributed by atoms with Gasteiger partial charge < -0.3 is 9.64 Å². The molecule has 1 unspecified atom stereocenters. The molecule has 23 heavy (non-hydrogen) atoms. The maximum absolute atomic E-state index is 12.0. The van der Waals surface area contributed by atoms with Gasteiger partial charge in [-0.1, -0.05) is 6.07 Å². The third kappa shape index (κ3) is 3.39. The first-order valence-corrected chi connectivity index (χ1v) is 7.79. The molecule has 0 saturated carbocycles. The molecule has 0 spiro atoms. The van der Waals surface area contributed by atoms with Crippen molar-refractivity contribution in [1.82, 2.24) is 24.6 Å². The van der Waals surface area contributed by atoms with Crippen molar-refractivity contribution in [3.05, 3.63) is 36.0 Å². The third-order valence-electron chi connectivity index (χ3n) is 4.10. The molecule has 1 fully saturated rings. The van der Waals surface area contributed by atoms with Crippen molar-refractivity contribution in [2.75, 3.05) is 26.8 Å². The first-order valence-electron chi connectivity index (χ1n) is 7.79. The number of ether oxygens (including phenoxy) is 1. The van der Waals surface area contributed by atoms with Crippen LogP contribution in [0.4, 0.5) is 0 Å². The average Bonchev–Trinajstić information content (AvgIpc) is 3.04. The molecule has 0 aromatic carbocycles. The molecule has 122 valence electrons. The van der Waals surface area contributed by atoms with Crippen LogP contribution in [0, 0.1) is 6.92 Å². The molecule has 1 atom stereocenters. The molecule has 2 aromatic heterocycles. The summed E-state index contributed by atoms with van der Waals surface area (Å²) in [6.07, 6.45) is 2.87. The molecular formula is C16H21N5O2. The van der Waals surface area contributed by atoms with Crippen LogP contribution in [-0.4, -0.2) is 57.4 Å². The summed E-state index contributed by atoms with van der Waals surface area (Å²) >= 11 is 0. The highest BCUT2D eigenvalue weighted by atomic mass is 16.5. The fourth-order valence-electron chi connectivity index (χ4n) is 2.90. The Balaban J connectivity index is 1.82. The van der Waals surface area contributed by atoms with Crippen molar-refractivity contribution in [2.45, 2.75) is 25.7 Å². The molecule has 1 saturated heterocycles. The van der Waals surface area contributed by atoms with E-state index < -0.39 is 0 Å². The van der Waals surface area contributed by atoms with Crippen molar-refractivity contribution >= 4 is 5.91 Å². The van der Waals surface area contributed by atoms with Gasteiger partial charge in [-0.3, -0.25) is 4.79 Å². The fourth-order valence-corrected chi connectivity index (χ4v) is 2.90. The van der Waals surface area contributed by atoms with E-state index in [0.29, 0.717) is 26.1 Å². The zero-order chi connectivity index (χ0) is 16.2. The molecule has 3 rings (SSSR count). The number of pyridine rings is 1. The summed E-state index contributed by atoms with van der Waals surface area (Å²) in [5.74, 6) is 1.96. The zero-order valence-electron chi connectivity index (χ0n) is 13.5. The summed E-state index contributed by atoms with van der Waals surface area (Å²) in [5, 5.41) is 4.32. The van der Waals surface area contributed by atoms with Gasteiger partial charge in [0.05, 0.1) is 6.61 Å². The monoisotopic (exact) mass is 315 g/mol. The standard InChI is InChI=1S/C16H21N5O2/c1-12-4-3-5-14(19-12)21-16(17-11-18-21)13-6-7-15(22)20(10-13)8-9-23-2/h3-5,11,13H,6-10H2,1-2H3. The van der Waals surface area contributed by atoms with E-state index in [-0.39, 0.29) is 11.8 Å². The molecule has 3 heterocycles. The van der Waals surface area contributed by atoms with Gasteiger partial charge in [-0.15, -0.1) is 0 Å². The van der Waals surface area contributed by atoms with Gasteiger partial charge in [0.25, 0.3) is 0 Å². The predicted molar refractivity (Wildman–Crippen MR) is 84.3 cm³/mol. The van der Waals surface area contributed by atoms with E-state index in [2.05, 4.69) is 15.1 Å². The minimum absolute atomic E-state index is 0.161. The maximum Gasteiger partial charge on any atom is 0.222 e. The fraction of sp³-hybridized carbons (Fsp3) is 0.500. The lowest BCUT2D eigenvalue weighted by atomic mass is 9.96. The van der Waals surface area contributed by atoms with Gasteiger partial charge in [0.15, 0.2) is 5.82 Å². The van der Waals surface area contributed by atoms with E-state index in [9.17, 15) is 4.79 Å². The Morgan fingerprint density at radius 2 is 2.26 bits per heavy atom. The number of aryl methyl sites for hydroxylation is 1. The van der Waals surface area contributed by atoms with Crippen LogP contribution in [-0.2, 0) is 9.53 Å². The minimum atomic E-state index is 0.161. The largest absolute Gasteiger partial charge is 0.383 e. The molecule has 7 heteroatoms. The van der Waals surface area contributed by atoms with Crippen molar-refractivity contribution < 1.29 is 9.53 Å². The van der Waals surface area contributed by atoms with Gasteiger partial charge in [0, 0.05) is 38.2 Å². The number of nitrogens with zero attached hydrogens (tertiary/aromatic N) is 5. The molecule has 1 aliphatic heterocycles. The highest BCUT2D eigenvalue weighted by molar-refractivity contribution is 5.77. The number of carbonyl (C=O) groups is 1. The van der Waals surface area contributed by atoms with E-state index in [1.807, 2.05) is 30.0 Å². The third-order valence-corrected chi connectivity index (χ3v) is 4.10. The Hall–Kier alpha value is -2.28. The zero-order valence-corrected chi connectivity index (χ0v) is 13.5. The number of amides is 1. The Labute approximate surface area is 135 Å². The number of piperidine rings is 1. The highest BCUT2D eigenvalue weighted by Crippen LogP contribution is 2.27. The second kappa shape index (κ2) is 6.87. The Kier molecular flexibility index (Phi) is 4.66. The van der Waals surface area contributed by atoms with Crippen molar-refractivity contribution in [1.29, 1.82) is 0 Å². The normalized spacial score (nSPS) is 18.4. The first kappa shape index (κ1) is 15.6. The molecule has 0 N–H and O–H groups in total. The smallest absolute Gasteiger partial charge is 0.222 e. The first-order chi connectivity index (χ1) is 11.2. The molecule has 0 bridgehead atoms. The summed E-state index contributed by atoms with van der Waals surface area (Å²) < 4.78 is 6.87. The van der Waals surface area contributed by atoms with Crippen LogP contribution in [0.25, 0.3) is 5.82 Å². The van der Waals surface area contributed by atoms with Gasteiger partial charge in [0.1, 0.15) is 12.2 Å². The molecule has 1 amide bonds. The quantitative estimate of drug-likeness (QED) is 0.832. The maximum atomic E-state index is 12.0. The Bertz CT molecular complexity index is 685. The van der Waals surface area contributed by atoms with E-state index in [4.69, 9.17) is 4.74 Å². The average molecular weight is 315 g/mol. The molecule has 1 aliphatic rings. The summed E-state index contributed by atoms with van der Waals surface area (Å²) in [4.78, 5) is 22.8. The van der Waals surface area contributed by atoms with Crippen molar-refractivity contribution in [3.63, 3.8) is 0 Å². The van der Waals surface area contributed by atoms with E-state index in [0.717, 1.165) is 23.8 Å². The summed E-state index contributed by atoms with van der Waals surface area (Å²) in [6.45, 7) is 3.76. The van der Waals surface area contributed by atoms with Gasteiger partial charge in [-0.25, -0.2) is 9.97 Å². The van der Waals surface area contributed by atoms with E-state index in [1.54, 1.807) is 18.1 Å². The number of hydrogen-bond acceptors (Lipinski definition) is 5. The number of aromatic nitrogens is 4. The SMILES string of the molecule is COCCN1CC(c2ncnn2-c2cccc(C)n2)CCC1=O. The van der Waals surface area contributed by atoms with Crippen LogP contribution in [0.1, 0.15) is 30.3 Å². The van der Waals surface area contributed by atoms with Crippen LogP contribution in [0.15, 0.2) is 24.5 Å². The van der Waals surface area contributed by atoms with E-state index in [1.165, 1.54) is 0 Å². The summed E-state index contributed by atoms with van der Waals surface area (Å²) in [7, 11) is 1.64. The number of rotatable bonds is 5. The van der Waals surface area contributed by atoms with Crippen molar-refractivity contribution in [3.8, 4) is 5.82 Å². The van der Waals surface area contributed by atoms with E-state index >= 15 is 0 Å². The summed E-state index contributed by atoms with van der Waals surface area (Å²) in [6, 6.07) is 5.83. The van der Waals surface area contributed by atoms with Gasteiger partial charge >= 0.3 is 0 Å². The van der Waals surface area contributed by atoms with Gasteiger partial charge in [-0.2, -0.15) is 9.78 Å². The molecule has 0 radical (unpaired) electrons. The number of methoxy groups -OCH3 is 1. The van der Waals surface area contributed by atoms with Crippen LogP contribution in [0.3, 0.4) is 0 Å². The molecule has 7 nitrogen and oxygen atoms in total. The van der Waals surface area contributed by atoms with Gasteiger partial charge in [-0.05, 0) is 25.5 Å². The number of likely N-dealkylation sites (tertiary alicyclic amines) is 1. The number of hydrogen-bond donors (Lipinski definition) is 0. The lowest BCUT2D eigenvalue weighted by molar-refractivity contribution is -0.134. The second-order valence-corrected chi connectivity index (χ2v) is 5.74. The highest BCUT2D eigenvalue weighted by Gasteiger charge is 2.29. The summed E-state index contributed by atoms with van der Waals surface area (Å²) in [5.41, 5.74) is 0.935. The second-order valence-electron chi connectivity index (χ2n) is 5.74. The lowest BCUT2D eigenvalue weighted by Crippen LogP contribution is -2.41. The minimum Gasteiger partial charge on any atom is -0.383 e. The van der Waals surface area contributed by atoms with Crippen LogP contribution in [0.2, 0.25) is 0 Å². The molecular weight excluding hydrogens is 294 g/mol. The Morgan fingerprint density at radius 3 is 3.04 bits per heavy atom. The Morgan fingerprint density at radius 1 is 1.39 bits per heavy atom.